The maximum Gasteiger partial charge on any atom is 0.349 e. The van der Waals surface area contributed by atoms with E-state index in [-0.39, 0.29) is 5.97 Å². The van der Waals surface area contributed by atoms with Crippen molar-refractivity contribution in [3.63, 3.8) is 0 Å². The van der Waals surface area contributed by atoms with Crippen molar-refractivity contribution in [2.75, 3.05) is 12.4 Å². The van der Waals surface area contributed by atoms with Gasteiger partial charge in [-0.15, -0.1) is 0 Å². The molecule has 0 aliphatic heterocycles. The number of methoxy groups -OCH3 is 1. The summed E-state index contributed by atoms with van der Waals surface area (Å²) in [6.45, 7) is 0. The largest absolute Gasteiger partial charge is 0.465 e. The molecule has 2 rings (SSSR count). The summed E-state index contributed by atoms with van der Waals surface area (Å²) in [5.74, 6) is -0.318. The fourth-order valence-corrected chi connectivity index (χ4v) is 1.75. The fraction of sp³-hybridized carbons (Fsp3) is 0.500. The first-order valence-electron chi connectivity index (χ1n) is 4.10. The van der Waals surface area contributed by atoms with Crippen LogP contribution in [0.3, 0.4) is 0 Å². The molecule has 0 radical (unpaired) electrons. The van der Waals surface area contributed by atoms with Crippen LogP contribution in [0.2, 0.25) is 0 Å². The standard InChI is InChI=1S/C8H10N2O2S/c1-12-7(11)6-4-9-8(13-6)10-5-2-3-5/h4-5H,2-3H2,1H3,(H,9,10). The van der Waals surface area contributed by atoms with E-state index in [1.807, 2.05) is 0 Å². The van der Waals surface area contributed by atoms with Crippen molar-refractivity contribution in [3.05, 3.63) is 11.1 Å². The minimum atomic E-state index is -0.318. The molecule has 5 heteroatoms. The van der Waals surface area contributed by atoms with Crippen molar-refractivity contribution < 1.29 is 9.53 Å². The third-order valence-electron chi connectivity index (χ3n) is 1.80. The second-order valence-corrected chi connectivity index (χ2v) is 3.97. The highest BCUT2D eigenvalue weighted by Gasteiger charge is 2.22. The minimum Gasteiger partial charge on any atom is -0.465 e. The topological polar surface area (TPSA) is 51.2 Å². The van der Waals surface area contributed by atoms with Gasteiger partial charge >= 0.3 is 5.97 Å². The van der Waals surface area contributed by atoms with Gasteiger partial charge in [0.25, 0.3) is 0 Å². The molecule has 1 N–H and O–H groups in total. The molecule has 0 bridgehead atoms. The molecule has 70 valence electrons. The number of ether oxygens (including phenoxy) is 1. The number of nitrogens with one attached hydrogen (secondary N) is 1. The number of rotatable bonds is 3. The second-order valence-electron chi connectivity index (χ2n) is 2.94. The summed E-state index contributed by atoms with van der Waals surface area (Å²) in [5, 5.41) is 4.02. The molecule has 1 fully saturated rings. The molecule has 0 amide bonds. The second kappa shape index (κ2) is 3.33. The molecule has 0 aromatic carbocycles. The quantitative estimate of drug-likeness (QED) is 0.748. The molecule has 1 aromatic heterocycles. The molecule has 13 heavy (non-hydrogen) atoms. The number of hydrogen-bond donors (Lipinski definition) is 1. The van der Waals surface area contributed by atoms with E-state index in [9.17, 15) is 4.79 Å². The summed E-state index contributed by atoms with van der Waals surface area (Å²) in [6.07, 6.45) is 3.95. The highest BCUT2D eigenvalue weighted by Crippen LogP contribution is 2.27. The molecule has 1 saturated carbocycles. The van der Waals surface area contributed by atoms with E-state index in [1.165, 1.54) is 31.3 Å². The Labute approximate surface area is 79.9 Å². The van der Waals surface area contributed by atoms with Gasteiger partial charge in [-0.05, 0) is 12.8 Å². The van der Waals surface area contributed by atoms with Crippen molar-refractivity contribution in [2.45, 2.75) is 18.9 Å². The summed E-state index contributed by atoms with van der Waals surface area (Å²) < 4.78 is 4.57. The van der Waals surface area contributed by atoms with Crippen LogP contribution >= 0.6 is 11.3 Å². The lowest BCUT2D eigenvalue weighted by molar-refractivity contribution is 0.0606. The Morgan fingerprint density at radius 3 is 3.15 bits per heavy atom. The van der Waals surface area contributed by atoms with Gasteiger partial charge in [0.2, 0.25) is 0 Å². The Morgan fingerprint density at radius 1 is 1.77 bits per heavy atom. The number of esters is 1. The first kappa shape index (κ1) is 8.50. The van der Waals surface area contributed by atoms with E-state index >= 15 is 0 Å². The SMILES string of the molecule is COC(=O)c1cnc(NC2CC2)s1. The van der Waals surface area contributed by atoms with Gasteiger partial charge in [-0.2, -0.15) is 0 Å². The van der Waals surface area contributed by atoms with Crippen LogP contribution in [-0.2, 0) is 4.74 Å². The maximum atomic E-state index is 11.0. The Kier molecular flexibility index (Phi) is 2.18. The predicted molar refractivity (Wildman–Crippen MR) is 50.1 cm³/mol. The van der Waals surface area contributed by atoms with Crippen molar-refractivity contribution in [1.29, 1.82) is 0 Å². The van der Waals surface area contributed by atoms with Crippen LogP contribution in [0.15, 0.2) is 6.20 Å². The Hall–Kier alpha value is -1.10. The molecule has 4 nitrogen and oxygen atoms in total. The van der Waals surface area contributed by atoms with Crippen LogP contribution in [0.5, 0.6) is 0 Å². The van der Waals surface area contributed by atoms with Gasteiger partial charge in [-0.3, -0.25) is 0 Å². The molecule has 1 heterocycles. The van der Waals surface area contributed by atoms with Gasteiger partial charge in [-0.1, -0.05) is 11.3 Å². The molecule has 1 aromatic rings. The van der Waals surface area contributed by atoms with Crippen LogP contribution in [0.1, 0.15) is 22.5 Å². The van der Waals surface area contributed by atoms with E-state index < -0.39 is 0 Å². The zero-order valence-electron chi connectivity index (χ0n) is 7.24. The molecule has 0 atom stereocenters. The minimum absolute atomic E-state index is 0.318. The first-order valence-corrected chi connectivity index (χ1v) is 4.92. The van der Waals surface area contributed by atoms with Gasteiger partial charge in [0.15, 0.2) is 5.13 Å². The van der Waals surface area contributed by atoms with Gasteiger partial charge in [-0.25, -0.2) is 9.78 Å². The van der Waals surface area contributed by atoms with Gasteiger partial charge < -0.3 is 10.1 Å². The number of hydrogen-bond acceptors (Lipinski definition) is 5. The van der Waals surface area contributed by atoms with Crippen LogP contribution in [-0.4, -0.2) is 24.1 Å². The number of carbonyl (C=O) groups excluding carboxylic acids is 1. The summed E-state index contributed by atoms with van der Waals surface area (Å²) in [6, 6.07) is 0.566. The number of nitrogens with zero attached hydrogens (tertiary/aromatic N) is 1. The molecule has 0 unspecified atom stereocenters. The van der Waals surface area contributed by atoms with Gasteiger partial charge in [0.05, 0.1) is 13.3 Å². The molecular weight excluding hydrogens is 188 g/mol. The van der Waals surface area contributed by atoms with E-state index in [0.29, 0.717) is 10.9 Å². The average molecular weight is 198 g/mol. The lowest BCUT2D eigenvalue weighted by atomic mass is 10.6. The molecule has 0 spiro atoms. The lowest BCUT2D eigenvalue weighted by Gasteiger charge is -1.95. The summed E-state index contributed by atoms with van der Waals surface area (Å²) >= 11 is 1.34. The van der Waals surface area contributed by atoms with Crippen molar-refractivity contribution in [2.24, 2.45) is 0 Å². The number of aromatic nitrogens is 1. The average Bonchev–Trinajstić information content (AvgIpc) is 2.81. The Balaban J connectivity index is 2.03. The normalized spacial score (nSPS) is 15.5. The van der Waals surface area contributed by atoms with Crippen LogP contribution in [0, 0.1) is 0 Å². The van der Waals surface area contributed by atoms with E-state index in [2.05, 4.69) is 15.0 Å². The van der Waals surface area contributed by atoms with E-state index in [4.69, 9.17) is 0 Å². The predicted octanol–water partition coefficient (Wildman–Crippen LogP) is 1.50. The molecule has 0 saturated heterocycles. The van der Waals surface area contributed by atoms with Gasteiger partial charge in [0.1, 0.15) is 4.88 Å². The summed E-state index contributed by atoms with van der Waals surface area (Å²) in [4.78, 5) is 15.7. The molecule has 1 aliphatic rings. The molecule has 1 aliphatic carbocycles. The summed E-state index contributed by atoms with van der Waals surface area (Å²) in [7, 11) is 1.37. The van der Waals surface area contributed by atoms with Gasteiger partial charge in [0, 0.05) is 6.04 Å². The number of thiazole rings is 1. The van der Waals surface area contributed by atoms with E-state index in [1.54, 1.807) is 6.20 Å². The first-order chi connectivity index (χ1) is 6.29. The van der Waals surface area contributed by atoms with Crippen LogP contribution in [0.25, 0.3) is 0 Å². The fourth-order valence-electron chi connectivity index (χ4n) is 0.938. The Morgan fingerprint density at radius 2 is 2.54 bits per heavy atom. The Bertz CT molecular complexity index is 320. The highest BCUT2D eigenvalue weighted by molar-refractivity contribution is 7.17. The van der Waals surface area contributed by atoms with Crippen molar-refractivity contribution >= 4 is 22.4 Å². The van der Waals surface area contributed by atoms with Crippen LogP contribution < -0.4 is 5.32 Å². The number of carbonyl (C=O) groups is 1. The van der Waals surface area contributed by atoms with Crippen LogP contribution in [0.4, 0.5) is 5.13 Å². The lowest BCUT2D eigenvalue weighted by Crippen LogP contribution is -1.99. The van der Waals surface area contributed by atoms with Crippen molar-refractivity contribution in [3.8, 4) is 0 Å². The third-order valence-corrected chi connectivity index (χ3v) is 2.71. The number of anilines is 1. The zero-order valence-corrected chi connectivity index (χ0v) is 8.06. The zero-order chi connectivity index (χ0) is 9.26. The monoisotopic (exact) mass is 198 g/mol. The smallest absolute Gasteiger partial charge is 0.349 e. The molecular formula is C8H10N2O2S. The summed E-state index contributed by atoms with van der Waals surface area (Å²) in [5.41, 5.74) is 0. The third kappa shape index (κ3) is 1.98. The maximum absolute atomic E-state index is 11.0. The van der Waals surface area contributed by atoms with E-state index in [0.717, 1.165) is 5.13 Å². The van der Waals surface area contributed by atoms with Crippen molar-refractivity contribution in [1.82, 2.24) is 4.98 Å². The highest BCUT2D eigenvalue weighted by atomic mass is 32.1.